The summed E-state index contributed by atoms with van der Waals surface area (Å²) in [7, 11) is 0. The van der Waals surface area contributed by atoms with Crippen molar-refractivity contribution in [2.75, 3.05) is 11.5 Å². The molecule has 0 aliphatic rings. The fourth-order valence-electron chi connectivity index (χ4n) is 1.66. The fourth-order valence-corrected chi connectivity index (χ4v) is 1.66. The highest BCUT2D eigenvalue weighted by Gasteiger charge is 2.34. The van der Waals surface area contributed by atoms with Gasteiger partial charge in [0.05, 0.1) is 33.6 Å². The highest BCUT2D eigenvalue weighted by molar-refractivity contribution is 6.19. The second kappa shape index (κ2) is 4.76. The van der Waals surface area contributed by atoms with Gasteiger partial charge in [-0.05, 0) is 0 Å². The molecule has 1 aromatic carbocycles. The Hall–Kier alpha value is -3.30. The summed E-state index contributed by atoms with van der Waals surface area (Å²) < 4.78 is 0. The number of carbonyl (C=O) groups is 4. The molecule has 0 bridgehead atoms. The van der Waals surface area contributed by atoms with Crippen molar-refractivity contribution in [3.05, 3.63) is 22.3 Å². The van der Waals surface area contributed by atoms with Crippen LogP contribution in [0.5, 0.6) is 0 Å². The maximum atomic E-state index is 11.1. The van der Waals surface area contributed by atoms with Crippen molar-refractivity contribution in [2.45, 2.75) is 0 Å². The van der Waals surface area contributed by atoms with Gasteiger partial charge in [-0.15, -0.1) is 0 Å². The number of benzene rings is 1. The predicted molar refractivity (Wildman–Crippen MR) is 63.1 cm³/mol. The van der Waals surface area contributed by atoms with Crippen molar-refractivity contribution in [1.82, 2.24) is 0 Å². The van der Waals surface area contributed by atoms with Gasteiger partial charge in [0.1, 0.15) is 0 Å². The molecule has 0 atom stereocenters. The third-order valence-corrected chi connectivity index (χ3v) is 2.43. The summed E-state index contributed by atoms with van der Waals surface area (Å²) in [4.78, 5) is 44.2. The van der Waals surface area contributed by atoms with Gasteiger partial charge in [0, 0.05) is 0 Å². The number of hydrogen-bond donors (Lipinski definition) is 6. The van der Waals surface area contributed by atoms with Gasteiger partial charge in [-0.25, -0.2) is 19.2 Å². The Kier molecular flexibility index (Phi) is 3.51. The van der Waals surface area contributed by atoms with Crippen LogP contribution in [0, 0.1) is 0 Å². The van der Waals surface area contributed by atoms with Crippen LogP contribution in [0.25, 0.3) is 0 Å². The standard InChI is InChI=1S/C10H8N2O8/c11-5-3(9(17)18)1(7(13)14)2(8(15)16)4(6(5)12)10(19)20/h11-12H2,(H,13,14)(H,15,16)(H,17,18)(H,19,20). The number of aromatic carboxylic acids is 4. The minimum Gasteiger partial charge on any atom is -0.478 e. The summed E-state index contributed by atoms with van der Waals surface area (Å²) in [5.41, 5.74) is 4.34. The molecule has 10 nitrogen and oxygen atoms in total. The van der Waals surface area contributed by atoms with Crippen molar-refractivity contribution in [1.29, 1.82) is 0 Å². The van der Waals surface area contributed by atoms with Crippen molar-refractivity contribution >= 4 is 35.3 Å². The first-order chi connectivity index (χ1) is 9.11. The van der Waals surface area contributed by atoms with Crippen LogP contribution >= 0.6 is 0 Å². The van der Waals surface area contributed by atoms with E-state index in [-0.39, 0.29) is 0 Å². The SMILES string of the molecule is Nc1c(N)c(C(=O)O)c(C(=O)O)c(C(=O)O)c1C(=O)O. The molecule has 0 heterocycles. The fraction of sp³-hybridized carbons (Fsp3) is 0. The highest BCUT2D eigenvalue weighted by Crippen LogP contribution is 2.33. The topological polar surface area (TPSA) is 201 Å². The molecular formula is C10H8N2O8. The number of carboxylic acid groups (broad SMARTS) is 4. The normalized spacial score (nSPS) is 10.0. The number of hydrogen-bond acceptors (Lipinski definition) is 6. The number of nitrogens with two attached hydrogens (primary N) is 2. The Bertz CT molecular complexity index is 607. The van der Waals surface area contributed by atoms with Gasteiger partial charge in [0.25, 0.3) is 0 Å². The molecular weight excluding hydrogens is 276 g/mol. The van der Waals surface area contributed by atoms with Gasteiger partial charge in [-0.1, -0.05) is 0 Å². The molecule has 1 rings (SSSR count). The van der Waals surface area contributed by atoms with Gasteiger partial charge in [-0.2, -0.15) is 0 Å². The number of nitrogen functional groups attached to an aromatic ring is 2. The van der Waals surface area contributed by atoms with Crippen LogP contribution in [0.4, 0.5) is 11.4 Å². The van der Waals surface area contributed by atoms with Gasteiger partial charge in [0.2, 0.25) is 0 Å². The summed E-state index contributed by atoms with van der Waals surface area (Å²) in [5, 5.41) is 35.7. The van der Waals surface area contributed by atoms with E-state index in [4.69, 9.17) is 31.9 Å². The average molecular weight is 284 g/mol. The van der Waals surface area contributed by atoms with E-state index >= 15 is 0 Å². The zero-order valence-corrected chi connectivity index (χ0v) is 9.58. The third-order valence-electron chi connectivity index (χ3n) is 2.43. The maximum Gasteiger partial charge on any atom is 0.338 e. The molecule has 0 spiro atoms. The molecule has 0 fully saturated rings. The summed E-state index contributed by atoms with van der Waals surface area (Å²) in [5.74, 6) is -7.58. The average Bonchev–Trinajstić information content (AvgIpc) is 2.29. The van der Waals surface area contributed by atoms with Crippen molar-refractivity contribution in [2.24, 2.45) is 0 Å². The zero-order chi connectivity index (χ0) is 15.8. The van der Waals surface area contributed by atoms with E-state index in [1.54, 1.807) is 0 Å². The highest BCUT2D eigenvalue weighted by atomic mass is 16.4. The van der Waals surface area contributed by atoms with E-state index in [0.29, 0.717) is 0 Å². The number of anilines is 2. The minimum absolute atomic E-state index is 0.822. The molecule has 0 aromatic heterocycles. The minimum atomic E-state index is -1.95. The molecule has 0 saturated heterocycles. The monoisotopic (exact) mass is 284 g/mol. The van der Waals surface area contributed by atoms with Crippen LogP contribution in [0.15, 0.2) is 0 Å². The second-order valence-electron chi connectivity index (χ2n) is 3.55. The Labute approximate surface area is 109 Å². The molecule has 0 radical (unpaired) electrons. The Morgan fingerprint density at radius 3 is 0.900 bits per heavy atom. The quantitative estimate of drug-likeness (QED) is 0.396. The molecule has 0 aliphatic carbocycles. The van der Waals surface area contributed by atoms with Crippen LogP contribution in [-0.2, 0) is 0 Å². The summed E-state index contributed by atoms with van der Waals surface area (Å²) in [6, 6.07) is 0. The molecule has 106 valence electrons. The van der Waals surface area contributed by atoms with E-state index in [1.165, 1.54) is 0 Å². The maximum absolute atomic E-state index is 11.1. The largest absolute Gasteiger partial charge is 0.478 e. The Balaban J connectivity index is 4.14. The third kappa shape index (κ3) is 2.05. The molecule has 0 unspecified atom stereocenters. The molecule has 0 saturated carbocycles. The van der Waals surface area contributed by atoms with E-state index in [2.05, 4.69) is 0 Å². The Morgan fingerprint density at radius 2 is 0.750 bits per heavy atom. The molecule has 8 N–H and O–H groups in total. The van der Waals surface area contributed by atoms with Crippen LogP contribution in [0.1, 0.15) is 41.4 Å². The van der Waals surface area contributed by atoms with Crippen LogP contribution < -0.4 is 11.5 Å². The van der Waals surface area contributed by atoms with Crippen LogP contribution in [-0.4, -0.2) is 44.3 Å². The van der Waals surface area contributed by atoms with Crippen molar-refractivity contribution in [3.63, 3.8) is 0 Å². The van der Waals surface area contributed by atoms with Gasteiger partial charge in [0.15, 0.2) is 0 Å². The first kappa shape index (κ1) is 14.8. The molecule has 10 heteroatoms. The zero-order valence-electron chi connectivity index (χ0n) is 9.58. The summed E-state index contributed by atoms with van der Waals surface area (Å²) in [6.45, 7) is 0. The first-order valence-corrected chi connectivity index (χ1v) is 4.79. The Morgan fingerprint density at radius 1 is 0.550 bits per heavy atom. The molecule has 20 heavy (non-hydrogen) atoms. The van der Waals surface area contributed by atoms with E-state index < -0.39 is 57.5 Å². The van der Waals surface area contributed by atoms with E-state index in [0.717, 1.165) is 0 Å². The first-order valence-electron chi connectivity index (χ1n) is 4.79. The lowest BCUT2D eigenvalue weighted by Crippen LogP contribution is -2.23. The van der Waals surface area contributed by atoms with Gasteiger partial charge in [-0.3, -0.25) is 0 Å². The smallest absolute Gasteiger partial charge is 0.338 e. The summed E-state index contributed by atoms with van der Waals surface area (Å²) >= 11 is 0. The lowest BCUT2D eigenvalue weighted by molar-refractivity contribution is 0.0620. The lowest BCUT2D eigenvalue weighted by Gasteiger charge is -2.15. The van der Waals surface area contributed by atoms with Crippen molar-refractivity contribution in [3.8, 4) is 0 Å². The van der Waals surface area contributed by atoms with Crippen LogP contribution in [0.2, 0.25) is 0 Å². The van der Waals surface area contributed by atoms with Crippen molar-refractivity contribution < 1.29 is 39.6 Å². The number of rotatable bonds is 4. The van der Waals surface area contributed by atoms with Crippen LogP contribution in [0.3, 0.4) is 0 Å². The molecule has 1 aromatic rings. The van der Waals surface area contributed by atoms with E-state index in [9.17, 15) is 19.2 Å². The lowest BCUT2D eigenvalue weighted by atomic mass is 9.92. The van der Waals surface area contributed by atoms with Gasteiger partial charge < -0.3 is 31.9 Å². The second-order valence-corrected chi connectivity index (χ2v) is 3.55. The molecule has 0 amide bonds. The molecule has 0 aliphatic heterocycles. The predicted octanol–water partition coefficient (Wildman–Crippen LogP) is -0.356. The number of carboxylic acids is 4. The summed E-state index contributed by atoms with van der Waals surface area (Å²) in [6.07, 6.45) is 0. The van der Waals surface area contributed by atoms with Gasteiger partial charge >= 0.3 is 23.9 Å². The van der Waals surface area contributed by atoms with E-state index in [1.807, 2.05) is 0 Å².